The van der Waals surface area contributed by atoms with Gasteiger partial charge in [0.15, 0.2) is 0 Å². The highest BCUT2D eigenvalue weighted by Gasteiger charge is 2.18. The average Bonchev–Trinajstić information content (AvgIpc) is 2.95. The van der Waals surface area contributed by atoms with Crippen LogP contribution in [0.2, 0.25) is 0 Å². The molecule has 1 atom stereocenters. The largest absolute Gasteiger partial charge is 0.493 e. The summed E-state index contributed by atoms with van der Waals surface area (Å²) >= 11 is 9.17. The van der Waals surface area contributed by atoms with Gasteiger partial charge in [-0.15, -0.1) is 11.3 Å². The number of hydrogen-bond donors (Lipinski definition) is 0. The number of hydrogen-bond acceptors (Lipinski definition) is 2. The van der Waals surface area contributed by atoms with Crippen LogP contribution in [0.5, 0.6) is 5.75 Å². The molecule has 0 spiro atoms. The molecule has 0 bridgehead atoms. The summed E-state index contributed by atoms with van der Waals surface area (Å²) < 4.78 is 6.76. The third kappa shape index (κ3) is 2.26. The van der Waals surface area contributed by atoms with E-state index in [-0.39, 0.29) is 4.83 Å². The van der Waals surface area contributed by atoms with E-state index in [0.717, 1.165) is 18.8 Å². The lowest BCUT2D eigenvalue weighted by atomic mass is 10.1. The van der Waals surface area contributed by atoms with Crippen LogP contribution in [-0.4, -0.2) is 6.61 Å². The smallest absolute Gasteiger partial charge is 0.122 e. The van der Waals surface area contributed by atoms with E-state index in [1.54, 1.807) is 11.3 Å². The van der Waals surface area contributed by atoms with E-state index >= 15 is 0 Å². The van der Waals surface area contributed by atoms with Gasteiger partial charge in [-0.1, -0.05) is 28.1 Å². The summed E-state index contributed by atoms with van der Waals surface area (Å²) in [5.74, 6) is 1.04. The van der Waals surface area contributed by atoms with Crippen LogP contribution in [0, 0.1) is 6.92 Å². The molecule has 94 valence electrons. The van der Waals surface area contributed by atoms with Crippen molar-refractivity contribution >= 4 is 43.2 Å². The van der Waals surface area contributed by atoms with E-state index in [1.165, 1.54) is 25.4 Å². The summed E-state index contributed by atoms with van der Waals surface area (Å²) in [6.45, 7) is 2.94. The van der Waals surface area contributed by atoms with Crippen LogP contribution in [0.1, 0.15) is 26.4 Å². The van der Waals surface area contributed by atoms with Gasteiger partial charge < -0.3 is 4.74 Å². The molecular formula is C14H12Br2OS. The Hall–Kier alpha value is -0.320. The van der Waals surface area contributed by atoms with Gasteiger partial charge in [0.2, 0.25) is 0 Å². The molecule has 1 aromatic heterocycles. The molecule has 2 heterocycles. The molecule has 18 heavy (non-hydrogen) atoms. The molecule has 0 saturated heterocycles. The molecule has 1 nitrogen and oxygen atoms in total. The molecule has 0 saturated carbocycles. The summed E-state index contributed by atoms with van der Waals surface area (Å²) in [4.78, 5) is 1.59. The normalized spacial score (nSPS) is 15.3. The second-order valence-electron chi connectivity index (χ2n) is 4.43. The number of aryl methyl sites for hydroxylation is 1. The number of halogens is 2. The van der Waals surface area contributed by atoms with Crippen LogP contribution in [0.4, 0.5) is 0 Å². The minimum atomic E-state index is 0.262. The van der Waals surface area contributed by atoms with Crippen molar-refractivity contribution in [3.05, 3.63) is 49.6 Å². The van der Waals surface area contributed by atoms with Gasteiger partial charge in [-0.25, -0.2) is 0 Å². The molecular weight excluding hydrogens is 376 g/mol. The number of rotatable bonds is 2. The number of fused-ring (bicyclic) bond motifs is 1. The third-order valence-corrected chi connectivity index (χ3v) is 6.66. The molecule has 0 fully saturated rings. The Bertz CT molecular complexity index is 572. The Balaban J connectivity index is 1.94. The summed E-state index contributed by atoms with van der Waals surface area (Å²) in [6, 6.07) is 8.72. The zero-order chi connectivity index (χ0) is 12.7. The highest BCUT2D eigenvalue weighted by Crippen LogP contribution is 2.40. The standard InChI is InChI=1S/C14H12Br2OS/c1-8-6-12(18-14(8)16)13(15)10-2-3-11-9(7-10)4-5-17-11/h2-3,6-7,13H,4-5H2,1H3. The van der Waals surface area contributed by atoms with E-state index < -0.39 is 0 Å². The minimum absolute atomic E-state index is 0.262. The number of ether oxygens (including phenoxy) is 1. The van der Waals surface area contributed by atoms with Crippen molar-refractivity contribution in [3.63, 3.8) is 0 Å². The second kappa shape index (κ2) is 4.99. The molecule has 0 aliphatic carbocycles. The monoisotopic (exact) mass is 386 g/mol. The number of thiophene rings is 1. The van der Waals surface area contributed by atoms with E-state index in [9.17, 15) is 0 Å². The maximum atomic E-state index is 5.54. The molecule has 2 aromatic rings. The molecule has 0 amide bonds. The molecule has 4 heteroatoms. The fourth-order valence-corrected chi connectivity index (χ4v) is 4.41. The minimum Gasteiger partial charge on any atom is -0.493 e. The van der Waals surface area contributed by atoms with Gasteiger partial charge in [-0.3, -0.25) is 0 Å². The molecule has 1 unspecified atom stereocenters. The van der Waals surface area contributed by atoms with E-state index in [0.29, 0.717) is 0 Å². The summed E-state index contributed by atoms with van der Waals surface area (Å²) in [7, 11) is 0. The average molecular weight is 388 g/mol. The fraction of sp³-hybridized carbons (Fsp3) is 0.286. The van der Waals surface area contributed by atoms with Crippen molar-refractivity contribution in [2.24, 2.45) is 0 Å². The van der Waals surface area contributed by atoms with Gasteiger partial charge in [0.05, 0.1) is 15.2 Å². The Morgan fingerprint density at radius 2 is 2.17 bits per heavy atom. The summed E-state index contributed by atoms with van der Waals surface area (Å²) in [5, 5.41) is 0. The van der Waals surface area contributed by atoms with Crippen molar-refractivity contribution in [3.8, 4) is 5.75 Å². The Morgan fingerprint density at radius 3 is 2.89 bits per heavy atom. The van der Waals surface area contributed by atoms with E-state index in [4.69, 9.17) is 4.74 Å². The van der Waals surface area contributed by atoms with Gasteiger partial charge in [0.1, 0.15) is 5.75 Å². The summed E-state index contributed by atoms with van der Waals surface area (Å²) in [6.07, 6.45) is 1.02. The lowest BCUT2D eigenvalue weighted by Gasteiger charge is -2.09. The van der Waals surface area contributed by atoms with Gasteiger partial charge in [-0.05, 0) is 51.7 Å². The van der Waals surface area contributed by atoms with Crippen molar-refractivity contribution in [1.82, 2.24) is 0 Å². The number of alkyl halides is 1. The van der Waals surface area contributed by atoms with E-state index in [2.05, 4.69) is 63.0 Å². The van der Waals surface area contributed by atoms with Crippen LogP contribution in [0.25, 0.3) is 0 Å². The van der Waals surface area contributed by atoms with Crippen LogP contribution >= 0.6 is 43.2 Å². The Kier molecular flexibility index (Phi) is 3.52. The first kappa shape index (κ1) is 12.7. The predicted octanol–water partition coefficient (Wildman–Crippen LogP) is 5.24. The van der Waals surface area contributed by atoms with Crippen molar-refractivity contribution < 1.29 is 4.74 Å². The maximum Gasteiger partial charge on any atom is 0.122 e. The first-order valence-corrected chi connectivity index (χ1v) is 8.33. The van der Waals surface area contributed by atoms with Crippen molar-refractivity contribution in [2.45, 2.75) is 18.2 Å². The van der Waals surface area contributed by atoms with Gasteiger partial charge in [0, 0.05) is 11.3 Å². The lowest BCUT2D eigenvalue weighted by molar-refractivity contribution is 0.357. The molecule has 0 radical (unpaired) electrons. The van der Waals surface area contributed by atoms with Gasteiger partial charge in [0.25, 0.3) is 0 Å². The second-order valence-corrected chi connectivity index (χ2v) is 7.75. The highest BCUT2D eigenvalue weighted by molar-refractivity contribution is 9.11. The molecule has 1 aromatic carbocycles. The molecule has 3 rings (SSSR count). The Morgan fingerprint density at radius 1 is 1.33 bits per heavy atom. The zero-order valence-electron chi connectivity index (χ0n) is 9.87. The van der Waals surface area contributed by atoms with Crippen LogP contribution in [-0.2, 0) is 6.42 Å². The molecule has 0 N–H and O–H groups in total. The van der Waals surface area contributed by atoms with Crippen LogP contribution in [0.15, 0.2) is 28.1 Å². The fourth-order valence-electron chi connectivity index (χ4n) is 2.14. The van der Waals surface area contributed by atoms with Gasteiger partial charge >= 0.3 is 0 Å². The number of benzene rings is 1. The van der Waals surface area contributed by atoms with Crippen molar-refractivity contribution in [2.75, 3.05) is 6.61 Å². The van der Waals surface area contributed by atoms with E-state index in [1.807, 2.05) is 0 Å². The maximum absolute atomic E-state index is 5.54. The quantitative estimate of drug-likeness (QED) is 0.640. The van der Waals surface area contributed by atoms with Gasteiger partial charge in [-0.2, -0.15) is 0 Å². The van der Waals surface area contributed by atoms with Crippen LogP contribution in [0.3, 0.4) is 0 Å². The topological polar surface area (TPSA) is 9.23 Å². The summed E-state index contributed by atoms with van der Waals surface area (Å²) in [5.41, 5.74) is 3.92. The Labute approximate surface area is 127 Å². The van der Waals surface area contributed by atoms with Crippen LogP contribution < -0.4 is 4.74 Å². The van der Waals surface area contributed by atoms with Crippen molar-refractivity contribution in [1.29, 1.82) is 0 Å². The molecule has 1 aliphatic heterocycles. The highest BCUT2D eigenvalue weighted by atomic mass is 79.9. The molecule has 1 aliphatic rings. The lowest BCUT2D eigenvalue weighted by Crippen LogP contribution is -1.90. The SMILES string of the molecule is Cc1cc(C(Br)c2ccc3c(c2)CCO3)sc1Br. The first-order valence-electron chi connectivity index (χ1n) is 5.80. The third-order valence-electron chi connectivity index (χ3n) is 3.13. The predicted molar refractivity (Wildman–Crippen MR) is 83.2 cm³/mol. The first-order chi connectivity index (χ1) is 8.65. The zero-order valence-corrected chi connectivity index (χ0v) is 13.9.